The van der Waals surface area contributed by atoms with Gasteiger partial charge in [-0.05, 0) is 13.3 Å². The predicted molar refractivity (Wildman–Crippen MR) is 52.7 cm³/mol. The maximum Gasteiger partial charge on any atom is 0.341 e. The number of nitrogens with zero attached hydrogens (tertiary/aromatic N) is 2. The van der Waals surface area contributed by atoms with Crippen LogP contribution in [0.2, 0.25) is 0 Å². The van der Waals surface area contributed by atoms with Gasteiger partial charge in [0, 0.05) is 12.8 Å². The molecule has 5 nitrogen and oxygen atoms in total. The van der Waals surface area contributed by atoms with Crippen LogP contribution in [0.25, 0.3) is 0 Å². The summed E-state index contributed by atoms with van der Waals surface area (Å²) >= 11 is 0. The highest BCUT2D eigenvalue weighted by atomic mass is 16.5. The van der Waals surface area contributed by atoms with Gasteiger partial charge in [0.15, 0.2) is 0 Å². The fourth-order valence-corrected chi connectivity index (χ4v) is 1.59. The third kappa shape index (κ3) is 2.18. The van der Waals surface area contributed by atoms with Crippen molar-refractivity contribution in [2.24, 2.45) is 0 Å². The van der Waals surface area contributed by atoms with E-state index in [2.05, 4.69) is 5.10 Å². The van der Waals surface area contributed by atoms with Crippen molar-refractivity contribution in [3.05, 3.63) is 18.0 Å². The molecule has 1 fully saturated rings. The van der Waals surface area contributed by atoms with Crippen molar-refractivity contribution in [2.75, 3.05) is 19.8 Å². The maximum atomic E-state index is 11.4. The van der Waals surface area contributed by atoms with Gasteiger partial charge in [-0.3, -0.25) is 4.68 Å². The first-order valence-electron chi connectivity index (χ1n) is 5.10. The molecule has 0 spiro atoms. The van der Waals surface area contributed by atoms with E-state index in [1.54, 1.807) is 17.8 Å². The third-order valence-corrected chi connectivity index (χ3v) is 2.39. The Hall–Kier alpha value is -1.36. The molecule has 0 aromatic carbocycles. The Morgan fingerprint density at radius 1 is 1.80 bits per heavy atom. The normalized spacial score (nSPS) is 20.5. The summed E-state index contributed by atoms with van der Waals surface area (Å²) in [7, 11) is 0. The molecule has 82 valence electrons. The minimum absolute atomic E-state index is 0.258. The molecule has 0 N–H and O–H groups in total. The number of esters is 1. The highest BCUT2D eigenvalue weighted by molar-refractivity contribution is 5.88. The minimum Gasteiger partial charge on any atom is -0.462 e. The summed E-state index contributed by atoms with van der Waals surface area (Å²) in [6, 6.07) is 0.258. The Morgan fingerprint density at radius 2 is 2.67 bits per heavy atom. The fourth-order valence-electron chi connectivity index (χ4n) is 1.59. The number of carbonyl (C=O) groups excluding carboxylic acids is 1. The van der Waals surface area contributed by atoms with Crippen molar-refractivity contribution in [3.63, 3.8) is 0 Å². The smallest absolute Gasteiger partial charge is 0.341 e. The van der Waals surface area contributed by atoms with Gasteiger partial charge in [0.25, 0.3) is 0 Å². The molecule has 1 atom stereocenters. The van der Waals surface area contributed by atoms with Crippen LogP contribution in [0.5, 0.6) is 0 Å². The fraction of sp³-hybridized carbons (Fsp3) is 0.600. The highest BCUT2D eigenvalue weighted by Crippen LogP contribution is 2.18. The SMILES string of the molecule is CCOC(=O)c1cnn(C2CCOC2)c1. The van der Waals surface area contributed by atoms with Gasteiger partial charge in [0.2, 0.25) is 0 Å². The standard InChI is InChI=1S/C10H14N2O3/c1-2-15-10(13)8-5-11-12(6-8)9-3-4-14-7-9/h5-6,9H,2-4,7H2,1H3. The minimum atomic E-state index is -0.317. The van der Waals surface area contributed by atoms with Crippen molar-refractivity contribution in [3.8, 4) is 0 Å². The molecule has 0 radical (unpaired) electrons. The first-order chi connectivity index (χ1) is 7.31. The van der Waals surface area contributed by atoms with Crippen molar-refractivity contribution in [1.82, 2.24) is 9.78 Å². The van der Waals surface area contributed by atoms with Crippen LogP contribution in [0.3, 0.4) is 0 Å². The van der Waals surface area contributed by atoms with E-state index in [0.29, 0.717) is 18.8 Å². The Bertz CT molecular complexity index is 342. The van der Waals surface area contributed by atoms with Crippen LogP contribution in [0.15, 0.2) is 12.4 Å². The van der Waals surface area contributed by atoms with Crippen LogP contribution in [0.1, 0.15) is 29.7 Å². The first-order valence-corrected chi connectivity index (χ1v) is 5.10. The lowest BCUT2D eigenvalue weighted by Gasteiger charge is -2.06. The molecule has 0 saturated carbocycles. The van der Waals surface area contributed by atoms with E-state index in [4.69, 9.17) is 9.47 Å². The number of ether oxygens (including phenoxy) is 2. The zero-order valence-corrected chi connectivity index (χ0v) is 8.68. The summed E-state index contributed by atoms with van der Waals surface area (Å²) in [6.45, 7) is 3.60. The van der Waals surface area contributed by atoms with Crippen molar-refractivity contribution in [2.45, 2.75) is 19.4 Å². The lowest BCUT2D eigenvalue weighted by Crippen LogP contribution is -2.09. The lowest BCUT2D eigenvalue weighted by molar-refractivity contribution is 0.0526. The van der Waals surface area contributed by atoms with E-state index in [1.165, 1.54) is 6.20 Å². The Morgan fingerprint density at radius 3 is 3.33 bits per heavy atom. The largest absolute Gasteiger partial charge is 0.462 e. The number of hydrogen-bond donors (Lipinski definition) is 0. The molecule has 1 aromatic heterocycles. The second-order valence-corrected chi connectivity index (χ2v) is 3.45. The second-order valence-electron chi connectivity index (χ2n) is 3.45. The van der Waals surface area contributed by atoms with E-state index >= 15 is 0 Å². The summed E-state index contributed by atoms with van der Waals surface area (Å²) in [5, 5.41) is 4.14. The topological polar surface area (TPSA) is 53.3 Å². The number of aromatic nitrogens is 2. The molecule has 15 heavy (non-hydrogen) atoms. The molecule has 1 aliphatic rings. The molecule has 0 amide bonds. The van der Waals surface area contributed by atoms with E-state index in [0.717, 1.165) is 13.0 Å². The molecule has 2 rings (SSSR count). The summed E-state index contributed by atoms with van der Waals surface area (Å²) < 4.78 is 11.9. The monoisotopic (exact) mass is 210 g/mol. The van der Waals surface area contributed by atoms with Gasteiger partial charge in [0.05, 0.1) is 31.0 Å². The number of carbonyl (C=O) groups is 1. The highest BCUT2D eigenvalue weighted by Gasteiger charge is 2.19. The predicted octanol–water partition coefficient (Wildman–Crippen LogP) is 1.02. The number of rotatable bonds is 3. The van der Waals surface area contributed by atoms with Crippen LogP contribution >= 0.6 is 0 Å². The Balaban J connectivity index is 2.06. The van der Waals surface area contributed by atoms with E-state index < -0.39 is 0 Å². The summed E-state index contributed by atoms with van der Waals surface area (Å²) in [5.41, 5.74) is 0.503. The second kappa shape index (κ2) is 4.44. The lowest BCUT2D eigenvalue weighted by atomic mass is 10.3. The average molecular weight is 210 g/mol. The van der Waals surface area contributed by atoms with Crippen molar-refractivity contribution < 1.29 is 14.3 Å². The molecule has 1 aliphatic heterocycles. The van der Waals surface area contributed by atoms with Gasteiger partial charge in [-0.15, -0.1) is 0 Å². The van der Waals surface area contributed by atoms with E-state index in [-0.39, 0.29) is 12.0 Å². The van der Waals surface area contributed by atoms with Crippen LogP contribution in [-0.2, 0) is 9.47 Å². The van der Waals surface area contributed by atoms with Crippen molar-refractivity contribution >= 4 is 5.97 Å². The zero-order valence-electron chi connectivity index (χ0n) is 8.68. The molecule has 0 bridgehead atoms. The molecular formula is C10H14N2O3. The van der Waals surface area contributed by atoms with Crippen LogP contribution < -0.4 is 0 Å². The van der Waals surface area contributed by atoms with Gasteiger partial charge in [-0.1, -0.05) is 0 Å². The summed E-state index contributed by atoms with van der Waals surface area (Å²) in [6.07, 6.45) is 4.21. The summed E-state index contributed by atoms with van der Waals surface area (Å²) in [4.78, 5) is 11.4. The zero-order chi connectivity index (χ0) is 10.7. The van der Waals surface area contributed by atoms with Gasteiger partial charge < -0.3 is 9.47 Å². The van der Waals surface area contributed by atoms with Gasteiger partial charge in [-0.2, -0.15) is 5.10 Å². The molecule has 5 heteroatoms. The average Bonchev–Trinajstić information content (AvgIpc) is 2.89. The molecule has 0 aliphatic carbocycles. The van der Waals surface area contributed by atoms with Gasteiger partial charge in [-0.25, -0.2) is 4.79 Å². The van der Waals surface area contributed by atoms with Crippen LogP contribution in [-0.4, -0.2) is 35.6 Å². The maximum absolute atomic E-state index is 11.4. The van der Waals surface area contributed by atoms with Crippen LogP contribution in [0, 0.1) is 0 Å². The first kappa shape index (κ1) is 10.2. The molecule has 1 saturated heterocycles. The molecular weight excluding hydrogens is 196 g/mol. The summed E-state index contributed by atoms with van der Waals surface area (Å²) in [5.74, 6) is -0.317. The quantitative estimate of drug-likeness (QED) is 0.699. The third-order valence-electron chi connectivity index (χ3n) is 2.39. The van der Waals surface area contributed by atoms with Crippen molar-refractivity contribution in [1.29, 1.82) is 0 Å². The molecule has 2 heterocycles. The Kier molecular flexibility index (Phi) is 3.01. The molecule has 1 unspecified atom stereocenters. The van der Waals surface area contributed by atoms with Gasteiger partial charge >= 0.3 is 5.97 Å². The van der Waals surface area contributed by atoms with Gasteiger partial charge in [0.1, 0.15) is 0 Å². The molecule has 1 aromatic rings. The van der Waals surface area contributed by atoms with E-state index in [1.807, 2.05) is 0 Å². The number of hydrogen-bond acceptors (Lipinski definition) is 4. The Labute approximate surface area is 88.0 Å². The van der Waals surface area contributed by atoms with Crippen LogP contribution in [0.4, 0.5) is 0 Å². The van der Waals surface area contributed by atoms with E-state index in [9.17, 15) is 4.79 Å².